The van der Waals surface area contributed by atoms with Crippen molar-refractivity contribution in [2.45, 2.75) is 42.7 Å². The zero-order chi connectivity index (χ0) is 10.3. The van der Waals surface area contributed by atoms with Crippen molar-refractivity contribution in [2.75, 3.05) is 0 Å². The number of halogens is 2. The molecule has 4 heteroatoms. The molecule has 0 aromatic carbocycles. The van der Waals surface area contributed by atoms with Crippen molar-refractivity contribution in [3.8, 4) is 0 Å². The van der Waals surface area contributed by atoms with E-state index in [1.54, 1.807) is 0 Å². The van der Waals surface area contributed by atoms with E-state index in [2.05, 4.69) is 20.8 Å². The van der Waals surface area contributed by atoms with Crippen LogP contribution < -0.4 is 5.14 Å². The minimum absolute atomic E-state index is 0.131. The molecule has 0 spiro atoms. The van der Waals surface area contributed by atoms with Crippen molar-refractivity contribution in [2.24, 2.45) is 17.0 Å². The fraction of sp³-hybridized carbons (Fsp3) is 1.00. The van der Waals surface area contributed by atoms with Crippen LogP contribution in [0.3, 0.4) is 0 Å². The normalized spacial score (nSPS) is 28.6. The van der Waals surface area contributed by atoms with Gasteiger partial charge in [-0.2, -0.15) is 0 Å². The predicted molar refractivity (Wildman–Crippen MR) is 62.2 cm³/mol. The van der Waals surface area contributed by atoms with Crippen LogP contribution in [0.15, 0.2) is 0 Å². The Bertz CT molecular complexity index is 194. The summed E-state index contributed by atoms with van der Waals surface area (Å²) >= 11 is 13.4. The molecule has 0 aromatic rings. The molecule has 0 amide bonds. The summed E-state index contributed by atoms with van der Waals surface area (Å²) in [6.45, 7) is 6.51. The van der Waals surface area contributed by atoms with Gasteiger partial charge in [-0.3, -0.25) is 5.14 Å². The quantitative estimate of drug-likeness (QED) is 0.602. The maximum atomic E-state index is 6.00. The number of alkyl halides is 2. The molecule has 1 nitrogen and oxygen atoms in total. The lowest BCUT2D eigenvalue weighted by Crippen LogP contribution is -2.22. The van der Waals surface area contributed by atoms with Gasteiger partial charge in [-0.25, -0.2) is 0 Å². The van der Waals surface area contributed by atoms with Gasteiger partial charge in [-0.15, -0.1) is 23.2 Å². The summed E-state index contributed by atoms with van der Waals surface area (Å²) in [5.41, 5.74) is 0. The van der Waals surface area contributed by atoms with Gasteiger partial charge in [0.15, 0.2) is 0 Å². The Balaban J connectivity index is 2.39. The van der Waals surface area contributed by atoms with Crippen LogP contribution in [0.2, 0.25) is 0 Å². The third kappa shape index (κ3) is 3.19. The van der Waals surface area contributed by atoms with Crippen molar-refractivity contribution < 1.29 is 0 Å². The van der Waals surface area contributed by atoms with E-state index in [9.17, 15) is 0 Å². The van der Waals surface area contributed by atoms with Crippen LogP contribution in [-0.2, 0) is 0 Å². The predicted octanol–water partition coefficient (Wildman–Crippen LogP) is 3.59. The highest BCUT2D eigenvalue weighted by Gasteiger charge is 2.54. The third-order valence-electron chi connectivity index (χ3n) is 2.69. The zero-order valence-corrected chi connectivity index (χ0v) is 10.6. The van der Waals surface area contributed by atoms with Gasteiger partial charge in [-0.05, 0) is 38.5 Å². The fourth-order valence-electron chi connectivity index (χ4n) is 1.82. The Morgan fingerprint density at radius 1 is 1.62 bits per heavy atom. The van der Waals surface area contributed by atoms with E-state index in [4.69, 9.17) is 28.3 Å². The first-order valence-corrected chi connectivity index (χ1v) is 6.18. The summed E-state index contributed by atoms with van der Waals surface area (Å²) in [6.07, 6.45) is 2.00. The molecule has 1 aliphatic rings. The molecule has 1 rings (SSSR count). The molecule has 2 N–H and O–H groups in total. The molecule has 1 aliphatic carbocycles. The highest BCUT2D eigenvalue weighted by Crippen LogP contribution is 2.58. The van der Waals surface area contributed by atoms with E-state index in [1.165, 1.54) is 11.9 Å². The van der Waals surface area contributed by atoms with E-state index in [1.807, 2.05) is 0 Å². The van der Waals surface area contributed by atoms with Gasteiger partial charge in [0.25, 0.3) is 0 Å². The first-order valence-electron chi connectivity index (χ1n) is 4.54. The van der Waals surface area contributed by atoms with Crippen LogP contribution in [-0.4, -0.2) is 9.08 Å². The summed E-state index contributed by atoms with van der Waals surface area (Å²) in [5.74, 6) is 1.02. The first-order chi connectivity index (χ1) is 5.78. The smallest absolute Gasteiger partial charge is 0.121 e. The maximum absolute atomic E-state index is 6.00. The summed E-state index contributed by atoms with van der Waals surface area (Å²) in [6, 6.07) is 0. The summed E-state index contributed by atoms with van der Waals surface area (Å²) in [7, 11) is 0. The van der Waals surface area contributed by atoms with Crippen LogP contribution in [0.25, 0.3) is 0 Å². The van der Waals surface area contributed by atoms with Crippen molar-refractivity contribution in [1.82, 2.24) is 0 Å². The Morgan fingerprint density at radius 3 is 2.38 bits per heavy atom. The van der Waals surface area contributed by atoms with Gasteiger partial charge < -0.3 is 0 Å². The molecule has 0 aromatic heterocycles. The summed E-state index contributed by atoms with van der Waals surface area (Å²) < 4.78 is -0.319. The minimum Gasteiger partial charge on any atom is -0.277 e. The lowest BCUT2D eigenvalue weighted by atomic mass is 9.94. The molecule has 0 bridgehead atoms. The lowest BCUT2D eigenvalue weighted by molar-refractivity contribution is 0.418. The van der Waals surface area contributed by atoms with Crippen molar-refractivity contribution >= 4 is 35.1 Å². The second kappa shape index (κ2) is 3.80. The van der Waals surface area contributed by atoms with Crippen LogP contribution in [0.4, 0.5) is 0 Å². The molecule has 0 aliphatic heterocycles. The summed E-state index contributed by atoms with van der Waals surface area (Å²) in [5, 5.41) is 5.59. The van der Waals surface area contributed by atoms with Crippen LogP contribution in [0.5, 0.6) is 0 Å². The van der Waals surface area contributed by atoms with Gasteiger partial charge in [0.2, 0.25) is 0 Å². The number of hydrogen-bond donors (Lipinski definition) is 1. The molecule has 0 radical (unpaired) electrons. The second-order valence-corrected chi connectivity index (χ2v) is 7.51. The summed E-state index contributed by atoms with van der Waals surface area (Å²) in [4.78, 5) is 0. The molecule has 78 valence electrons. The fourth-order valence-corrected chi connectivity index (χ4v) is 2.94. The van der Waals surface area contributed by atoms with E-state index >= 15 is 0 Å². The average Bonchev–Trinajstić information content (AvgIpc) is 2.59. The SMILES string of the molecule is CC(CC(C)(C)SN)[C@H]1CC1(Cl)Cl. The Labute approximate surface area is 94.9 Å². The number of rotatable bonds is 4. The monoisotopic (exact) mass is 241 g/mol. The largest absolute Gasteiger partial charge is 0.277 e. The zero-order valence-electron chi connectivity index (χ0n) is 8.31. The van der Waals surface area contributed by atoms with Crippen molar-refractivity contribution in [1.29, 1.82) is 0 Å². The molecule has 1 saturated carbocycles. The van der Waals surface area contributed by atoms with Gasteiger partial charge >= 0.3 is 0 Å². The maximum Gasteiger partial charge on any atom is 0.121 e. The highest BCUT2D eigenvalue weighted by molar-refractivity contribution is 7.98. The molecule has 1 unspecified atom stereocenters. The van der Waals surface area contributed by atoms with Gasteiger partial charge in [0.1, 0.15) is 4.33 Å². The molecule has 1 fully saturated rings. The average molecular weight is 242 g/mol. The van der Waals surface area contributed by atoms with E-state index < -0.39 is 4.33 Å². The van der Waals surface area contributed by atoms with E-state index in [0.29, 0.717) is 11.8 Å². The molecule has 0 heterocycles. The first kappa shape index (κ1) is 12.0. The Hall–Kier alpha value is 0.890. The highest BCUT2D eigenvalue weighted by atomic mass is 35.5. The second-order valence-electron chi connectivity index (χ2n) is 4.63. The van der Waals surface area contributed by atoms with Crippen molar-refractivity contribution in [3.05, 3.63) is 0 Å². The standard InChI is InChI=1S/C9H17Cl2NS/c1-6(4-8(2,3)13-12)7-5-9(7,10)11/h6-7H,4-5,12H2,1-3H3/t6?,7-/m1/s1. The van der Waals surface area contributed by atoms with E-state index in [0.717, 1.165) is 12.8 Å². The lowest BCUT2D eigenvalue weighted by Gasteiger charge is -2.25. The molecule has 0 saturated heterocycles. The van der Waals surface area contributed by atoms with Crippen LogP contribution >= 0.6 is 35.1 Å². The van der Waals surface area contributed by atoms with Crippen LogP contribution in [0, 0.1) is 11.8 Å². The topological polar surface area (TPSA) is 26.0 Å². The number of nitrogens with two attached hydrogens (primary N) is 1. The van der Waals surface area contributed by atoms with Gasteiger partial charge in [0.05, 0.1) is 0 Å². The van der Waals surface area contributed by atoms with Gasteiger partial charge in [-0.1, -0.05) is 18.9 Å². The molecule has 2 atom stereocenters. The van der Waals surface area contributed by atoms with Gasteiger partial charge in [0, 0.05) is 4.75 Å². The molecular weight excluding hydrogens is 225 g/mol. The third-order valence-corrected chi connectivity index (χ3v) is 4.37. The molecular formula is C9H17Cl2NS. The van der Waals surface area contributed by atoms with Crippen LogP contribution in [0.1, 0.15) is 33.6 Å². The Kier molecular flexibility index (Phi) is 3.50. The van der Waals surface area contributed by atoms with E-state index in [-0.39, 0.29) is 4.75 Å². The number of hydrogen-bond acceptors (Lipinski definition) is 2. The minimum atomic E-state index is -0.450. The Morgan fingerprint density at radius 2 is 2.08 bits per heavy atom. The molecule has 13 heavy (non-hydrogen) atoms. The van der Waals surface area contributed by atoms with Crippen molar-refractivity contribution in [3.63, 3.8) is 0 Å².